The third kappa shape index (κ3) is 3.74. The molecule has 16 heavy (non-hydrogen) atoms. The van der Waals surface area contributed by atoms with Crippen molar-refractivity contribution in [3.8, 4) is 0 Å². The van der Waals surface area contributed by atoms with Crippen LogP contribution in [-0.2, 0) is 4.74 Å². The van der Waals surface area contributed by atoms with E-state index in [2.05, 4.69) is 39.9 Å². The van der Waals surface area contributed by atoms with Gasteiger partial charge in [0.25, 0.3) is 0 Å². The van der Waals surface area contributed by atoms with Gasteiger partial charge >= 0.3 is 0 Å². The van der Waals surface area contributed by atoms with Gasteiger partial charge in [0.2, 0.25) is 0 Å². The van der Waals surface area contributed by atoms with Crippen LogP contribution in [0, 0.1) is 11.3 Å². The van der Waals surface area contributed by atoms with Crippen LogP contribution < -0.4 is 5.32 Å². The molecule has 1 saturated carbocycles. The number of likely N-dealkylation sites (N-methyl/N-ethyl adjacent to an activating group) is 1. The lowest BCUT2D eigenvalue weighted by molar-refractivity contribution is 0.0340. The van der Waals surface area contributed by atoms with Crippen molar-refractivity contribution in [3.63, 3.8) is 0 Å². The Hall–Kier alpha value is -0.0800. The SMILES string of the molecule is CCNC(COC(C)C)C1CCCC1(C)C. The number of hydrogen-bond donors (Lipinski definition) is 1. The second kappa shape index (κ2) is 6.02. The fourth-order valence-corrected chi connectivity index (χ4v) is 2.98. The predicted octanol–water partition coefficient (Wildman–Crippen LogP) is 3.22. The van der Waals surface area contributed by atoms with E-state index in [1.54, 1.807) is 0 Å². The molecule has 0 aromatic carbocycles. The normalized spacial score (nSPS) is 26.2. The average molecular weight is 227 g/mol. The molecule has 0 aromatic rings. The van der Waals surface area contributed by atoms with E-state index in [0.717, 1.165) is 19.1 Å². The van der Waals surface area contributed by atoms with E-state index in [4.69, 9.17) is 4.74 Å². The third-order valence-electron chi connectivity index (χ3n) is 3.90. The molecule has 1 rings (SSSR count). The maximum Gasteiger partial charge on any atom is 0.0626 e. The van der Waals surface area contributed by atoms with E-state index < -0.39 is 0 Å². The Bertz CT molecular complexity index is 201. The smallest absolute Gasteiger partial charge is 0.0626 e. The van der Waals surface area contributed by atoms with Gasteiger partial charge in [-0.15, -0.1) is 0 Å². The molecular weight excluding hydrogens is 198 g/mol. The van der Waals surface area contributed by atoms with E-state index in [0.29, 0.717) is 17.6 Å². The summed E-state index contributed by atoms with van der Waals surface area (Å²) in [6.45, 7) is 13.1. The molecule has 0 aliphatic heterocycles. The summed E-state index contributed by atoms with van der Waals surface area (Å²) >= 11 is 0. The standard InChI is InChI=1S/C14H29NO/c1-6-15-13(10-16-11(2)3)12-8-7-9-14(12,4)5/h11-13,15H,6-10H2,1-5H3. The first kappa shape index (κ1) is 14.0. The molecule has 1 aliphatic carbocycles. The predicted molar refractivity (Wildman–Crippen MR) is 69.7 cm³/mol. The van der Waals surface area contributed by atoms with Gasteiger partial charge in [-0.2, -0.15) is 0 Å². The molecule has 96 valence electrons. The molecule has 0 bridgehead atoms. The number of rotatable bonds is 6. The molecule has 0 radical (unpaired) electrons. The van der Waals surface area contributed by atoms with Gasteiger partial charge in [-0.1, -0.05) is 27.2 Å². The van der Waals surface area contributed by atoms with E-state index >= 15 is 0 Å². The van der Waals surface area contributed by atoms with Crippen LogP contribution in [0.1, 0.15) is 53.9 Å². The van der Waals surface area contributed by atoms with E-state index in [1.807, 2.05) is 0 Å². The lowest BCUT2D eigenvalue weighted by Crippen LogP contribution is -2.44. The minimum atomic E-state index is 0.339. The first-order valence-electron chi connectivity index (χ1n) is 6.82. The Labute approximate surface area is 101 Å². The Morgan fingerprint density at radius 2 is 2.06 bits per heavy atom. The highest BCUT2D eigenvalue weighted by Crippen LogP contribution is 2.44. The lowest BCUT2D eigenvalue weighted by Gasteiger charge is -2.35. The summed E-state index contributed by atoms with van der Waals surface area (Å²) in [4.78, 5) is 0. The summed E-state index contributed by atoms with van der Waals surface area (Å²) in [6, 6.07) is 0.532. The molecule has 2 nitrogen and oxygen atoms in total. The summed E-state index contributed by atoms with van der Waals surface area (Å²) in [7, 11) is 0. The Morgan fingerprint density at radius 1 is 1.38 bits per heavy atom. The van der Waals surface area contributed by atoms with Crippen molar-refractivity contribution in [3.05, 3.63) is 0 Å². The molecule has 0 spiro atoms. The molecule has 0 saturated heterocycles. The molecule has 0 amide bonds. The van der Waals surface area contributed by atoms with Crippen LogP contribution in [-0.4, -0.2) is 25.3 Å². The maximum absolute atomic E-state index is 5.80. The second-order valence-corrected chi connectivity index (χ2v) is 6.03. The summed E-state index contributed by atoms with van der Waals surface area (Å²) in [5, 5.41) is 3.61. The highest BCUT2D eigenvalue weighted by atomic mass is 16.5. The Balaban J connectivity index is 2.54. The van der Waals surface area contributed by atoms with Gasteiger partial charge in [-0.25, -0.2) is 0 Å². The minimum absolute atomic E-state index is 0.339. The molecule has 1 fully saturated rings. The second-order valence-electron chi connectivity index (χ2n) is 6.03. The van der Waals surface area contributed by atoms with Crippen LogP contribution in [0.5, 0.6) is 0 Å². The number of hydrogen-bond acceptors (Lipinski definition) is 2. The molecule has 0 heterocycles. The fourth-order valence-electron chi connectivity index (χ4n) is 2.98. The molecule has 1 aliphatic rings. The monoisotopic (exact) mass is 227 g/mol. The molecule has 2 unspecified atom stereocenters. The van der Waals surface area contributed by atoms with Crippen molar-refractivity contribution < 1.29 is 4.74 Å². The molecule has 2 heteroatoms. The lowest BCUT2D eigenvalue weighted by atomic mass is 9.77. The van der Waals surface area contributed by atoms with Crippen LogP contribution >= 0.6 is 0 Å². The first-order valence-corrected chi connectivity index (χ1v) is 6.82. The van der Waals surface area contributed by atoms with Crippen molar-refractivity contribution in [2.45, 2.75) is 66.0 Å². The van der Waals surface area contributed by atoms with Gasteiger partial charge in [0.15, 0.2) is 0 Å². The molecule has 2 atom stereocenters. The number of ether oxygens (including phenoxy) is 1. The third-order valence-corrected chi connectivity index (χ3v) is 3.90. The van der Waals surface area contributed by atoms with Crippen LogP contribution in [0.4, 0.5) is 0 Å². The summed E-state index contributed by atoms with van der Waals surface area (Å²) in [5.74, 6) is 0.770. The van der Waals surface area contributed by atoms with E-state index in [1.165, 1.54) is 19.3 Å². The van der Waals surface area contributed by atoms with Crippen molar-refractivity contribution >= 4 is 0 Å². The summed E-state index contributed by atoms with van der Waals surface area (Å²) in [6.07, 6.45) is 4.43. The van der Waals surface area contributed by atoms with Crippen molar-refractivity contribution in [2.75, 3.05) is 13.2 Å². The zero-order valence-corrected chi connectivity index (χ0v) is 11.7. The van der Waals surface area contributed by atoms with Crippen LogP contribution in [0.15, 0.2) is 0 Å². The zero-order valence-electron chi connectivity index (χ0n) is 11.7. The van der Waals surface area contributed by atoms with Crippen molar-refractivity contribution in [1.29, 1.82) is 0 Å². The van der Waals surface area contributed by atoms with Gasteiger partial charge < -0.3 is 10.1 Å². The number of nitrogens with one attached hydrogen (secondary N) is 1. The zero-order chi connectivity index (χ0) is 12.2. The fraction of sp³-hybridized carbons (Fsp3) is 1.00. The minimum Gasteiger partial charge on any atom is -0.377 e. The van der Waals surface area contributed by atoms with Crippen molar-refractivity contribution in [2.24, 2.45) is 11.3 Å². The first-order chi connectivity index (χ1) is 7.47. The highest BCUT2D eigenvalue weighted by Gasteiger charge is 2.39. The molecule has 1 N–H and O–H groups in total. The maximum atomic E-state index is 5.80. The van der Waals surface area contributed by atoms with Gasteiger partial charge in [-0.3, -0.25) is 0 Å². The summed E-state index contributed by atoms with van der Waals surface area (Å²) < 4.78 is 5.80. The molecular formula is C14H29NO. The quantitative estimate of drug-likeness (QED) is 0.752. The van der Waals surface area contributed by atoms with Crippen LogP contribution in [0.3, 0.4) is 0 Å². The van der Waals surface area contributed by atoms with Crippen LogP contribution in [0.25, 0.3) is 0 Å². The Kier molecular flexibility index (Phi) is 5.26. The van der Waals surface area contributed by atoms with Gasteiger partial charge in [0.1, 0.15) is 0 Å². The van der Waals surface area contributed by atoms with Gasteiger partial charge in [-0.05, 0) is 44.6 Å². The average Bonchev–Trinajstić information content (AvgIpc) is 2.52. The van der Waals surface area contributed by atoms with E-state index in [-0.39, 0.29) is 0 Å². The van der Waals surface area contributed by atoms with Crippen LogP contribution in [0.2, 0.25) is 0 Å². The van der Waals surface area contributed by atoms with Crippen molar-refractivity contribution in [1.82, 2.24) is 5.32 Å². The van der Waals surface area contributed by atoms with Gasteiger partial charge in [0.05, 0.1) is 12.7 Å². The topological polar surface area (TPSA) is 21.3 Å². The Morgan fingerprint density at radius 3 is 2.50 bits per heavy atom. The van der Waals surface area contributed by atoms with E-state index in [9.17, 15) is 0 Å². The highest BCUT2D eigenvalue weighted by molar-refractivity contribution is 4.92. The van der Waals surface area contributed by atoms with Gasteiger partial charge in [0, 0.05) is 6.04 Å². The molecule has 0 aromatic heterocycles. The summed E-state index contributed by atoms with van der Waals surface area (Å²) in [5.41, 5.74) is 0.479. The largest absolute Gasteiger partial charge is 0.377 e.